The van der Waals surface area contributed by atoms with Crippen LogP contribution >= 0.6 is 0 Å². The van der Waals surface area contributed by atoms with Crippen molar-refractivity contribution in [2.24, 2.45) is 0 Å². The highest BCUT2D eigenvalue weighted by Gasteiger charge is 2.15. The molecule has 0 saturated heterocycles. The normalized spacial score (nSPS) is 11.3. The van der Waals surface area contributed by atoms with E-state index in [0.717, 1.165) is 12.8 Å². The molecule has 5 heteroatoms. The van der Waals surface area contributed by atoms with Crippen LogP contribution in [-0.4, -0.2) is 12.2 Å². The summed E-state index contributed by atoms with van der Waals surface area (Å²) in [5.74, 6) is 0.123. The van der Waals surface area contributed by atoms with Crippen molar-refractivity contribution in [3.8, 4) is 17.2 Å². The molecule has 5 nitrogen and oxygen atoms in total. The molecule has 1 heterocycles. The van der Waals surface area contributed by atoms with E-state index in [2.05, 4.69) is 6.92 Å². The molecule has 0 amide bonds. The molecule has 0 bridgehead atoms. The lowest BCUT2D eigenvalue weighted by Crippen LogP contribution is -2.03. The molecule has 0 saturated carbocycles. The maximum absolute atomic E-state index is 12.0. The predicted octanol–water partition coefficient (Wildman–Crippen LogP) is 5.15. The number of unbranched alkanes of at least 4 members (excludes halogenated alkanes) is 6. The summed E-state index contributed by atoms with van der Waals surface area (Å²) < 4.78 is 15.6. The van der Waals surface area contributed by atoms with E-state index in [-0.39, 0.29) is 17.1 Å². The average Bonchev–Trinajstić information content (AvgIpc) is 2.62. The molecule has 0 aliphatic rings. The van der Waals surface area contributed by atoms with Crippen molar-refractivity contribution in [1.29, 1.82) is 0 Å². The molecule has 0 aliphatic carbocycles. The molecule has 25 heavy (non-hydrogen) atoms. The highest BCUT2D eigenvalue weighted by atomic mass is 16.5. The molecular weight excluding hydrogens is 320 g/mol. The Bertz CT molecular complexity index is 761. The van der Waals surface area contributed by atoms with Crippen LogP contribution in [0.3, 0.4) is 0 Å². The molecule has 0 unspecified atom stereocenters. The minimum Gasteiger partial charge on any atom is -0.504 e. The zero-order valence-corrected chi connectivity index (χ0v) is 14.9. The Morgan fingerprint density at radius 3 is 2.68 bits per heavy atom. The third-order valence-corrected chi connectivity index (χ3v) is 4.05. The molecule has 1 aromatic carbocycles. The Hall–Kier alpha value is -2.43. The van der Waals surface area contributed by atoms with Gasteiger partial charge in [0.05, 0.1) is 18.8 Å². The van der Waals surface area contributed by atoms with Crippen LogP contribution in [0.1, 0.15) is 51.9 Å². The zero-order valence-electron chi connectivity index (χ0n) is 14.9. The quantitative estimate of drug-likeness (QED) is 0.366. The third kappa shape index (κ3) is 5.28. The van der Waals surface area contributed by atoms with E-state index in [1.807, 2.05) is 6.08 Å². The van der Waals surface area contributed by atoms with Crippen molar-refractivity contribution in [3.05, 3.63) is 41.0 Å². The summed E-state index contributed by atoms with van der Waals surface area (Å²) in [4.78, 5) is 12.0. The van der Waals surface area contributed by atoms with Gasteiger partial charge in [0.25, 0.3) is 5.75 Å². The molecule has 2 rings (SSSR count). The molecule has 0 atom stereocenters. The molecule has 0 radical (unpaired) electrons. The molecule has 1 N–H and O–H groups in total. The second-order valence-electron chi connectivity index (χ2n) is 5.98. The molecule has 2 aromatic rings. The van der Waals surface area contributed by atoms with Crippen LogP contribution in [0.4, 0.5) is 0 Å². The highest BCUT2D eigenvalue weighted by Crippen LogP contribution is 2.33. The standard InChI is InChI=1S/C20H26O5/c1-3-4-5-6-7-8-9-10-13-24-19-18(21)16-12-11-15(23-2)14-17(16)25-20(19)22/h10-14,21H,3-9H2,1-2H3/b13-10+. The maximum Gasteiger partial charge on any atom is 0.383 e. The van der Waals surface area contributed by atoms with E-state index in [4.69, 9.17) is 13.9 Å². The number of benzene rings is 1. The van der Waals surface area contributed by atoms with Gasteiger partial charge in [-0.15, -0.1) is 0 Å². The monoisotopic (exact) mass is 346 g/mol. The van der Waals surface area contributed by atoms with Gasteiger partial charge >= 0.3 is 5.63 Å². The number of rotatable bonds is 10. The summed E-state index contributed by atoms with van der Waals surface area (Å²) in [5.41, 5.74) is -0.465. The van der Waals surface area contributed by atoms with Gasteiger partial charge in [0.1, 0.15) is 11.3 Å². The van der Waals surface area contributed by atoms with Gasteiger partial charge in [-0.2, -0.15) is 0 Å². The van der Waals surface area contributed by atoms with Crippen molar-refractivity contribution in [2.45, 2.75) is 51.9 Å². The van der Waals surface area contributed by atoms with Gasteiger partial charge in [-0.3, -0.25) is 0 Å². The molecular formula is C20H26O5. The van der Waals surface area contributed by atoms with Crippen molar-refractivity contribution in [2.75, 3.05) is 7.11 Å². The van der Waals surface area contributed by atoms with Crippen molar-refractivity contribution < 1.29 is 19.0 Å². The van der Waals surface area contributed by atoms with Crippen LogP contribution in [0.5, 0.6) is 17.2 Å². The van der Waals surface area contributed by atoms with Crippen molar-refractivity contribution >= 4 is 11.0 Å². The van der Waals surface area contributed by atoms with Gasteiger partial charge in [-0.25, -0.2) is 4.79 Å². The Labute approximate surface area is 147 Å². The summed E-state index contributed by atoms with van der Waals surface area (Å²) >= 11 is 0. The number of allylic oxidation sites excluding steroid dienone is 1. The van der Waals surface area contributed by atoms with Crippen LogP contribution in [0.2, 0.25) is 0 Å². The van der Waals surface area contributed by atoms with Crippen molar-refractivity contribution in [1.82, 2.24) is 0 Å². The van der Waals surface area contributed by atoms with Crippen molar-refractivity contribution in [3.63, 3.8) is 0 Å². The Balaban J connectivity index is 1.95. The second-order valence-corrected chi connectivity index (χ2v) is 5.98. The largest absolute Gasteiger partial charge is 0.504 e. The number of hydrogen-bond donors (Lipinski definition) is 1. The Morgan fingerprint density at radius 2 is 1.92 bits per heavy atom. The minimum absolute atomic E-state index is 0.197. The summed E-state index contributed by atoms with van der Waals surface area (Å²) in [7, 11) is 1.52. The first kappa shape index (κ1) is 18.9. The van der Waals surface area contributed by atoms with E-state index >= 15 is 0 Å². The van der Waals surface area contributed by atoms with E-state index in [1.54, 1.807) is 18.2 Å². The summed E-state index contributed by atoms with van der Waals surface area (Å²) in [6.45, 7) is 2.20. The topological polar surface area (TPSA) is 68.9 Å². The van der Waals surface area contributed by atoms with Gasteiger partial charge in [-0.1, -0.05) is 39.0 Å². The second kappa shape index (κ2) is 9.77. The molecule has 136 valence electrons. The maximum atomic E-state index is 12.0. The number of methoxy groups -OCH3 is 1. The molecule has 0 aliphatic heterocycles. The van der Waals surface area contributed by atoms with Gasteiger partial charge in [0.15, 0.2) is 5.75 Å². The van der Waals surface area contributed by atoms with Gasteiger partial charge in [0.2, 0.25) is 0 Å². The number of hydrogen-bond acceptors (Lipinski definition) is 5. The van der Waals surface area contributed by atoms with Crippen LogP contribution < -0.4 is 15.1 Å². The number of fused-ring (bicyclic) bond motifs is 1. The number of aromatic hydroxyl groups is 1. The highest BCUT2D eigenvalue weighted by molar-refractivity contribution is 5.86. The Kier molecular flexibility index (Phi) is 7.38. The van der Waals surface area contributed by atoms with Gasteiger partial charge < -0.3 is 19.0 Å². The van der Waals surface area contributed by atoms with E-state index in [9.17, 15) is 9.90 Å². The number of ether oxygens (including phenoxy) is 2. The van der Waals surface area contributed by atoms with Gasteiger partial charge in [-0.05, 0) is 31.1 Å². The predicted molar refractivity (Wildman–Crippen MR) is 98.5 cm³/mol. The first-order valence-corrected chi connectivity index (χ1v) is 8.82. The molecule has 1 aromatic heterocycles. The average molecular weight is 346 g/mol. The lowest BCUT2D eigenvalue weighted by Gasteiger charge is -2.06. The summed E-state index contributed by atoms with van der Waals surface area (Å²) in [5, 5.41) is 10.7. The van der Waals surface area contributed by atoms with E-state index < -0.39 is 5.63 Å². The zero-order chi connectivity index (χ0) is 18.1. The smallest absolute Gasteiger partial charge is 0.383 e. The fourth-order valence-electron chi connectivity index (χ4n) is 2.61. The molecule has 0 spiro atoms. The molecule has 0 fully saturated rings. The third-order valence-electron chi connectivity index (χ3n) is 4.05. The fraction of sp³-hybridized carbons (Fsp3) is 0.450. The van der Waals surface area contributed by atoms with Crippen LogP contribution in [-0.2, 0) is 0 Å². The lowest BCUT2D eigenvalue weighted by molar-refractivity contribution is 0.383. The first-order chi connectivity index (χ1) is 12.2. The first-order valence-electron chi connectivity index (χ1n) is 8.82. The fourth-order valence-corrected chi connectivity index (χ4v) is 2.61. The van der Waals surface area contributed by atoms with Gasteiger partial charge in [0, 0.05) is 6.07 Å². The SMILES string of the molecule is CCCCCCCC/C=C/Oc1c(O)c2ccc(OC)cc2oc1=O. The summed E-state index contributed by atoms with van der Waals surface area (Å²) in [6, 6.07) is 4.86. The van der Waals surface area contributed by atoms with Crippen LogP contribution in [0, 0.1) is 0 Å². The lowest BCUT2D eigenvalue weighted by atomic mass is 10.1. The van der Waals surface area contributed by atoms with E-state index in [0.29, 0.717) is 11.1 Å². The Morgan fingerprint density at radius 1 is 1.16 bits per heavy atom. The summed E-state index contributed by atoms with van der Waals surface area (Å²) in [6.07, 6.45) is 11.5. The van der Waals surface area contributed by atoms with Crippen LogP contribution in [0.15, 0.2) is 39.7 Å². The minimum atomic E-state index is -0.720. The van der Waals surface area contributed by atoms with Crippen LogP contribution in [0.25, 0.3) is 11.0 Å². The van der Waals surface area contributed by atoms with E-state index in [1.165, 1.54) is 45.5 Å².